The molecule has 0 bridgehead atoms. The number of halogens is 1. The van der Waals surface area contributed by atoms with Crippen LogP contribution in [0.3, 0.4) is 0 Å². The smallest absolute Gasteiger partial charge is 0.274 e. The number of benzene rings is 1. The molecule has 0 unspecified atom stereocenters. The standard InChI is InChI=1S/C14H14BrN3O/c1-2-16-11-6-7-17-13(9-11)14(19)18-12-5-3-4-10(15)8-12/h3-9H,2H2,1H3,(H,16,17)(H,18,19). The minimum absolute atomic E-state index is 0.224. The van der Waals surface area contributed by atoms with E-state index >= 15 is 0 Å². The van der Waals surface area contributed by atoms with E-state index in [2.05, 4.69) is 31.5 Å². The lowest BCUT2D eigenvalue weighted by Gasteiger charge is -2.07. The summed E-state index contributed by atoms with van der Waals surface area (Å²) >= 11 is 3.36. The van der Waals surface area contributed by atoms with Crippen molar-refractivity contribution in [3.05, 3.63) is 52.8 Å². The fraction of sp³-hybridized carbons (Fsp3) is 0.143. The van der Waals surface area contributed by atoms with Crippen LogP contribution in [0.4, 0.5) is 11.4 Å². The van der Waals surface area contributed by atoms with Gasteiger partial charge in [-0.15, -0.1) is 0 Å². The minimum atomic E-state index is -0.224. The molecule has 4 nitrogen and oxygen atoms in total. The first-order valence-electron chi connectivity index (χ1n) is 5.96. The van der Waals surface area contributed by atoms with Crippen LogP contribution in [0.2, 0.25) is 0 Å². The molecule has 2 aromatic rings. The minimum Gasteiger partial charge on any atom is -0.385 e. The highest BCUT2D eigenvalue weighted by Gasteiger charge is 2.08. The van der Waals surface area contributed by atoms with E-state index in [4.69, 9.17) is 0 Å². The van der Waals surface area contributed by atoms with Gasteiger partial charge in [0.2, 0.25) is 0 Å². The Labute approximate surface area is 120 Å². The number of carbonyl (C=O) groups excluding carboxylic acids is 1. The maximum Gasteiger partial charge on any atom is 0.274 e. The molecule has 2 N–H and O–H groups in total. The number of nitrogens with one attached hydrogen (secondary N) is 2. The molecule has 0 aliphatic carbocycles. The number of rotatable bonds is 4. The lowest BCUT2D eigenvalue weighted by atomic mass is 10.2. The van der Waals surface area contributed by atoms with Crippen molar-refractivity contribution in [3.8, 4) is 0 Å². The first kappa shape index (κ1) is 13.5. The Hall–Kier alpha value is -1.88. The van der Waals surface area contributed by atoms with Gasteiger partial charge in [0.1, 0.15) is 5.69 Å². The Kier molecular flexibility index (Phi) is 4.52. The quantitative estimate of drug-likeness (QED) is 0.906. The average Bonchev–Trinajstić information content (AvgIpc) is 2.39. The predicted octanol–water partition coefficient (Wildman–Crippen LogP) is 3.53. The highest BCUT2D eigenvalue weighted by molar-refractivity contribution is 9.10. The zero-order chi connectivity index (χ0) is 13.7. The SMILES string of the molecule is CCNc1ccnc(C(=O)Nc2cccc(Br)c2)c1. The topological polar surface area (TPSA) is 54.0 Å². The second-order valence-electron chi connectivity index (χ2n) is 3.92. The third-order valence-electron chi connectivity index (χ3n) is 2.46. The van der Waals surface area contributed by atoms with Gasteiger partial charge >= 0.3 is 0 Å². The Bertz CT molecular complexity index is 586. The summed E-state index contributed by atoms with van der Waals surface area (Å²) in [4.78, 5) is 16.1. The van der Waals surface area contributed by atoms with Gasteiger partial charge in [0.05, 0.1) is 0 Å². The summed E-state index contributed by atoms with van der Waals surface area (Å²) in [6.07, 6.45) is 1.62. The van der Waals surface area contributed by atoms with Crippen molar-refractivity contribution < 1.29 is 4.79 Å². The van der Waals surface area contributed by atoms with Gasteiger partial charge in [0, 0.05) is 28.6 Å². The van der Waals surface area contributed by atoms with E-state index in [1.54, 1.807) is 12.3 Å². The number of amides is 1. The highest BCUT2D eigenvalue weighted by atomic mass is 79.9. The summed E-state index contributed by atoms with van der Waals surface area (Å²) in [7, 11) is 0. The van der Waals surface area contributed by atoms with Gasteiger partial charge in [0.25, 0.3) is 5.91 Å². The zero-order valence-electron chi connectivity index (χ0n) is 10.5. The second kappa shape index (κ2) is 6.33. The molecule has 0 spiro atoms. The monoisotopic (exact) mass is 319 g/mol. The summed E-state index contributed by atoms with van der Waals surface area (Å²) in [6, 6.07) is 11.0. The molecular formula is C14H14BrN3O. The number of hydrogen-bond acceptors (Lipinski definition) is 3. The summed E-state index contributed by atoms with van der Waals surface area (Å²) in [6.45, 7) is 2.80. The van der Waals surface area contributed by atoms with Crippen molar-refractivity contribution in [2.45, 2.75) is 6.92 Å². The molecule has 0 radical (unpaired) electrons. The number of hydrogen-bond donors (Lipinski definition) is 2. The maximum absolute atomic E-state index is 12.1. The Morgan fingerprint density at radius 2 is 2.11 bits per heavy atom. The Morgan fingerprint density at radius 3 is 2.84 bits per heavy atom. The zero-order valence-corrected chi connectivity index (χ0v) is 12.1. The van der Waals surface area contributed by atoms with Crippen LogP contribution < -0.4 is 10.6 Å². The van der Waals surface area contributed by atoms with Gasteiger partial charge in [-0.2, -0.15) is 0 Å². The molecule has 98 valence electrons. The van der Waals surface area contributed by atoms with Crippen LogP contribution in [0.15, 0.2) is 47.1 Å². The average molecular weight is 320 g/mol. The summed E-state index contributed by atoms with van der Waals surface area (Å²) < 4.78 is 0.916. The molecule has 0 saturated carbocycles. The van der Waals surface area contributed by atoms with E-state index in [9.17, 15) is 4.79 Å². The van der Waals surface area contributed by atoms with Crippen LogP contribution in [0, 0.1) is 0 Å². The number of aromatic nitrogens is 1. The second-order valence-corrected chi connectivity index (χ2v) is 4.84. The molecule has 1 aromatic carbocycles. The fourth-order valence-corrected chi connectivity index (χ4v) is 2.03. The van der Waals surface area contributed by atoms with Crippen LogP contribution in [0.1, 0.15) is 17.4 Å². The van der Waals surface area contributed by atoms with Crippen molar-refractivity contribution in [2.75, 3.05) is 17.2 Å². The van der Waals surface area contributed by atoms with E-state index in [1.807, 2.05) is 37.3 Å². The van der Waals surface area contributed by atoms with E-state index in [1.165, 1.54) is 0 Å². The predicted molar refractivity (Wildman–Crippen MR) is 80.5 cm³/mol. The van der Waals surface area contributed by atoms with Crippen LogP contribution in [-0.2, 0) is 0 Å². The molecule has 0 fully saturated rings. The summed E-state index contributed by atoms with van der Waals surface area (Å²) in [5.74, 6) is -0.224. The molecule has 5 heteroatoms. The molecule has 2 rings (SSSR count). The lowest BCUT2D eigenvalue weighted by molar-refractivity contribution is 0.102. The molecule has 0 atom stereocenters. The van der Waals surface area contributed by atoms with Gasteiger partial charge in [0.15, 0.2) is 0 Å². The highest BCUT2D eigenvalue weighted by Crippen LogP contribution is 2.16. The normalized spacial score (nSPS) is 10.0. The third-order valence-corrected chi connectivity index (χ3v) is 2.95. The maximum atomic E-state index is 12.1. The molecule has 19 heavy (non-hydrogen) atoms. The molecule has 0 aliphatic heterocycles. The van der Waals surface area contributed by atoms with E-state index in [-0.39, 0.29) is 5.91 Å². The van der Waals surface area contributed by atoms with Gasteiger partial charge in [-0.05, 0) is 37.3 Å². The van der Waals surface area contributed by atoms with Gasteiger partial charge in [-0.1, -0.05) is 22.0 Å². The van der Waals surface area contributed by atoms with Gasteiger partial charge < -0.3 is 10.6 Å². The van der Waals surface area contributed by atoms with Crippen molar-refractivity contribution in [3.63, 3.8) is 0 Å². The molecule has 1 amide bonds. The number of pyridine rings is 1. The van der Waals surface area contributed by atoms with Crippen molar-refractivity contribution in [2.24, 2.45) is 0 Å². The summed E-state index contributed by atoms with van der Waals surface area (Å²) in [5, 5.41) is 5.96. The van der Waals surface area contributed by atoms with Crippen molar-refractivity contribution in [1.29, 1.82) is 0 Å². The van der Waals surface area contributed by atoms with Crippen LogP contribution in [0.5, 0.6) is 0 Å². The van der Waals surface area contributed by atoms with E-state index < -0.39 is 0 Å². The first-order valence-corrected chi connectivity index (χ1v) is 6.75. The number of carbonyl (C=O) groups is 1. The van der Waals surface area contributed by atoms with Gasteiger partial charge in [-0.3, -0.25) is 9.78 Å². The third kappa shape index (κ3) is 3.79. The Morgan fingerprint density at radius 1 is 1.26 bits per heavy atom. The van der Waals surface area contributed by atoms with E-state index in [0.29, 0.717) is 5.69 Å². The van der Waals surface area contributed by atoms with Gasteiger partial charge in [-0.25, -0.2) is 0 Å². The van der Waals surface area contributed by atoms with Crippen molar-refractivity contribution in [1.82, 2.24) is 4.98 Å². The fourth-order valence-electron chi connectivity index (χ4n) is 1.63. The Balaban J connectivity index is 2.13. The van der Waals surface area contributed by atoms with Crippen LogP contribution in [-0.4, -0.2) is 17.4 Å². The molecular weight excluding hydrogens is 306 g/mol. The largest absolute Gasteiger partial charge is 0.385 e. The van der Waals surface area contributed by atoms with Crippen LogP contribution >= 0.6 is 15.9 Å². The lowest BCUT2D eigenvalue weighted by Crippen LogP contribution is -2.14. The summed E-state index contributed by atoms with van der Waals surface area (Å²) in [5.41, 5.74) is 2.00. The van der Waals surface area contributed by atoms with E-state index in [0.717, 1.165) is 22.4 Å². The molecule has 1 heterocycles. The molecule has 0 saturated heterocycles. The number of nitrogens with zero attached hydrogens (tertiary/aromatic N) is 1. The molecule has 0 aliphatic rings. The van der Waals surface area contributed by atoms with Crippen molar-refractivity contribution >= 4 is 33.2 Å². The first-order chi connectivity index (χ1) is 9.19. The van der Waals surface area contributed by atoms with Crippen LogP contribution in [0.25, 0.3) is 0 Å². The number of anilines is 2. The molecule has 1 aromatic heterocycles.